The summed E-state index contributed by atoms with van der Waals surface area (Å²) < 4.78 is 0. The zero-order chi connectivity index (χ0) is 12.8. The molecule has 1 rings (SSSR count). The molecular weight excluding hydrogens is 236 g/mol. The molecule has 1 aromatic rings. The molecule has 1 heterocycles. The van der Waals surface area contributed by atoms with Crippen LogP contribution in [0.4, 0.5) is 0 Å². The van der Waals surface area contributed by atoms with E-state index >= 15 is 0 Å². The number of nitrogens with zero attached hydrogens (tertiary/aromatic N) is 2. The summed E-state index contributed by atoms with van der Waals surface area (Å²) in [6, 6.07) is 0. The van der Waals surface area contributed by atoms with E-state index in [2.05, 4.69) is 22.2 Å². The van der Waals surface area contributed by atoms with Crippen LogP contribution in [-0.4, -0.2) is 34.0 Å². The molecule has 4 nitrogen and oxygen atoms in total. The van der Waals surface area contributed by atoms with Crippen molar-refractivity contribution in [3.8, 4) is 0 Å². The predicted molar refractivity (Wildman–Crippen MR) is 69.2 cm³/mol. The monoisotopic (exact) mass is 256 g/mol. The molecule has 0 fully saturated rings. The molecule has 17 heavy (non-hydrogen) atoms. The van der Waals surface area contributed by atoms with E-state index in [4.69, 9.17) is 5.11 Å². The van der Waals surface area contributed by atoms with E-state index < -0.39 is 5.97 Å². The molecule has 0 aromatic carbocycles. The van der Waals surface area contributed by atoms with E-state index in [0.29, 0.717) is 6.54 Å². The molecule has 1 N–H and O–H groups in total. The highest BCUT2D eigenvalue weighted by molar-refractivity contribution is 7.09. The summed E-state index contributed by atoms with van der Waals surface area (Å²) in [4.78, 5) is 17.4. The van der Waals surface area contributed by atoms with Crippen molar-refractivity contribution >= 4 is 17.3 Å². The Morgan fingerprint density at radius 3 is 2.76 bits per heavy atom. The minimum Gasteiger partial charge on any atom is -0.481 e. The topological polar surface area (TPSA) is 53.4 Å². The summed E-state index contributed by atoms with van der Waals surface area (Å²) in [6.45, 7) is 8.03. The Kier molecular flexibility index (Phi) is 5.58. The van der Waals surface area contributed by atoms with Gasteiger partial charge in [-0.05, 0) is 13.0 Å². The third-order valence-corrected chi connectivity index (χ3v) is 3.73. The van der Waals surface area contributed by atoms with E-state index in [0.717, 1.165) is 30.2 Å². The molecule has 0 bridgehead atoms. The zero-order valence-electron chi connectivity index (χ0n) is 10.6. The smallest absolute Gasteiger partial charge is 0.307 e. The van der Waals surface area contributed by atoms with Gasteiger partial charge in [-0.1, -0.05) is 20.8 Å². The Hall–Kier alpha value is -0.940. The maximum Gasteiger partial charge on any atom is 0.307 e. The van der Waals surface area contributed by atoms with Crippen LogP contribution in [-0.2, 0) is 17.8 Å². The quantitative estimate of drug-likeness (QED) is 0.813. The van der Waals surface area contributed by atoms with Crippen molar-refractivity contribution in [1.29, 1.82) is 0 Å². The molecule has 0 aliphatic rings. The molecular formula is C12H20N2O2S. The average Bonchev–Trinajstić information content (AvgIpc) is 2.75. The van der Waals surface area contributed by atoms with E-state index in [1.807, 2.05) is 6.92 Å². The first-order chi connectivity index (χ1) is 8.06. The third-order valence-electron chi connectivity index (χ3n) is 2.69. The molecule has 5 heteroatoms. The molecule has 0 aliphatic carbocycles. The van der Waals surface area contributed by atoms with Crippen molar-refractivity contribution in [3.05, 3.63) is 16.1 Å². The Labute approximate surface area is 106 Å². The summed E-state index contributed by atoms with van der Waals surface area (Å²) in [5, 5.41) is 12.1. The predicted octanol–water partition coefficient (Wildman–Crippen LogP) is 2.25. The van der Waals surface area contributed by atoms with E-state index in [1.165, 1.54) is 0 Å². The number of aliphatic carboxylic acids is 1. The number of hydrogen-bond acceptors (Lipinski definition) is 4. The van der Waals surface area contributed by atoms with Crippen LogP contribution in [0.1, 0.15) is 31.5 Å². The minimum atomic E-state index is -0.740. The number of aryl methyl sites for hydroxylation is 1. The first-order valence-electron chi connectivity index (χ1n) is 5.95. The molecule has 0 saturated carbocycles. The number of rotatable bonds is 7. The number of hydrogen-bond donors (Lipinski definition) is 1. The first kappa shape index (κ1) is 14.1. The van der Waals surface area contributed by atoms with Gasteiger partial charge < -0.3 is 5.11 Å². The number of carbonyl (C=O) groups is 1. The van der Waals surface area contributed by atoms with Crippen molar-refractivity contribution < 1.29 is 9.90 Å². The minimum absolute atomic E-state index is 0.334. The number of thiazole rings is 1. The standard InChI is InChI=1S/C12H20N2O2S/c1-4-11-13-10(8-17-11)7-14(5-2)6-9(3)12(15)16/h8-9H,4-7H2,1-3H3,(H,15,16). The van der Waals surface area contributed by atoms with Crippen molar-refractivity contribution in [2.45, 2.75) is 33.7 Å². The average molecular weight is 256 g/mol. The number of aromatic nitrogens is 1. The highest BCUT2D eigenvalue weighted by Gasteiger charge is 2.16. The van der Waals surface area contributed by atoms with Crippen molar-refractivity contribution in [2.24, 2.45) is 5.92 Å². The third kappa shape index (κ3) is 4.44. The lowest BCUT2D eigenvalue weighted by molar-refractivity contribution is -0.141. The lowest BCUT2D eigenvalue weighted by Gasteiger charge is -2.21. The molecule has 96 valence electrons. The van der Waals surface area contributed by atoms with Crippen LogP contribution in [0.2, 0.25) is 0 Å². The van der Waals surface area contributed by atoms with Crippen molar-refractivity contribution in [1.82, 2.24) is 9.88 Å². The molecule has 0 saturated heterocycles. The summed E-state index contributed by atoms with van der Waals surface area (Å²) in [5.74, 6) is -1.07. The van der Waals surface area contributed by atoms with Gasteiger partial charge in [0.1, 0.15) is 0 Å². The molecule has 0 amide bonds. The second-order valence-electron chi connectivity index (χ2n) is 4.15. The van der Waals surface area contributed by atoms with Gasteiger partial charge in [0.15, 0.2) is 0 Å². The second kappa shape index (κ2) is 6.71. The molecule has 0 spiro atoms. The fourth-order valence-electron chi connectivity index (χ4n) is 1.58. The molecule has 1 atom stereocenters. The van der Waals surface area contributed by atoms with E-state index in [9.17, 15) is 4.79 Å². The summed E-state index contributed by atoms with van der Waals surface area (Å²) in [5.41, 5.74) is 1.05. The SMILES string of the molecule is CCc1nc(CN(CC)CC(C)C(=O)O)cs1. The molecule has 1 aromatic heterocycles. The Bertz CT molecular complexity index is 365. The van der Waals surface area contributed by atoms with Crippen LogP contribution in [0.3, 0.4) is 0 Å². The normalized spacial score (nSPS) is 12.9. The molecule has 1 unspecified atom stereocenters. The van der Waals surface area contributed by atoms with Crippen LogP contribution in [0, 0.1) is 5.92 Å². The fraction of sp³-hybridized carbons (Fsp3) is 0.667. The van der Waals surface area contributed by atoms with E-state index in [-0.39, 0.29) is 5.92 Å². The Morgan fingerprint density at radius 2 is 2.29 bits per heavy atom. The highest BCUT2D eigenvalue weighted by Crippen LogP contribution is 2.13. The lowest BCUT2D eigenvalue weighted by Crippen LogP contribution is -2.31. The van der Waals surface area contributed by atoms with Gasteiger partial charge in [-0.15, -0.1) is 11.3 Å². The van der Waals surface area contributed by atoms with Crippen LogP contribution in [0.5, 0.6) is 0 Å². The van der Waals surface area contributed by atoms with Gasteiger partial charge in [-0.25, -0.2) is 4.98 Å². The first-order valence-corrected chi connectivity index (χ1v) is 6.83. The Morgan fingerprint density at radius 1 is 1.59 bits per heavy atom. The summed E-state index contributed by atoms with van der Waals surface area (Å²) in [6.07, 6.45) is 0.961. The van der Waals surface area contributed by atoms with E-state index in [1.54, 1.807) is 18.3 Å². The van der Waals surface area contributed by atoms with Gasteiger partial charge in [0.2, 0.25) is 0 Å². The summed E-state index contributed by atoms with van der Waals surface area (Å²) in [7, 11) is 0. The maximum atomic E-state index is 10.8. The van der Waals surface area contributed by atoms with Crippen molar-refractivity contribution in [2.75, 3.05) is 13.1 Å². The van der Waals surface area contributed by atoms with Gasteiger partial charge in [0, 0.05) is 18.5 Å². The molecule has 0 radical (unpaired) electrons. The van der Waals surface area contributed by atoms with Crippen LogP contribution < -0.4 is 0 Å². The van der Waals surface area contributed by atoms with Crippen LogP contribution in [0.15, 0.2) is 5.38 Å². The van der Waals surface area contributed by atoms with Gasteiger partial charge in [0.25, 0.3) is 0 Å². The van der Waals surface area contributed by atoms with Crippen LogP contribution in [0.25, 0.3) is 0 Å². The molecule has 0 aliphatic heterocycles. The summed E-state index contributed by atoms with van der Waals surface area (Å²) >= 11 is 1.67. The fourth-order valence-corrected chi connectivity index (χ4v) is 2.32. The van der Waals surface area contributed by atoms with Gasteiger partial charge in [-0.3, -0.25) is 9.69 Å². The number of carboxylic acid groups (broad SMARTS) is 1. The van der Waals surface area contributed by atoms with Gasteiger partial charge in [0.05, 0.1) is 16.6 Å². The van der Waals surface area contributed by atoms with Gasteiger partial charge in [-0.2, -0.15) is 0 Å². The lowest BCUT2D eigenvalue weighted by atomic mass is 10.1. The second-order valence-corrected chi connectivity index (χ2v) is 5.10. The maximum absolute atomic E-state index is 10.8. The van der Waals surface area contributed by atoms with Crippen molar-refractivity contribution in [3.63, 3.8) is 0 Å². The van der Waals surface area contributed by atoms with Crippen LogP contribution >= 0.6 is 11.3 Å². The Balaban J connectivity index is 2.54. The zero-order valence-corrected chi connectivity index (χ0v) is 11.5. The number of carboxylic acids is 1. The van der Waals surface area contributed by atoms with Gasteiger partial charge >= 0.3 is 5.97 Å². The highest BCUT2D eigenvalue weighted by atomic mass is 32.1. The largest absolute Gasteiger partial charge is 0.481 e.